The van der Waals surface area contributed by atoms with Crippen molar-refractivity contribution >= 4 is 15.3 Å². The summed E-state index contributed by atoms with van der Waals surface area (Å²) in [5.41, 5.74) is 2.82. The lowest BCUT2D eigenvalue weighted by Gasteiger charge is -2.42. The third kappa shape index (κ3) is 9.53. The second-order valence-corrected chi connectivity index (χ2v) is 13.4. The molecule has 2 aliphatic heterocycles. The van der Waals surface area contributed by atoms with Gasteiger partial charge in [0.05, 0.1) is 12.7 Å². The van der Waals surface area contributed by atoms with Gasteiger partial charge in [-0.1, -0.05) is 23.3 Å². The van der Waals surface area contributed by atoms with Crippen molar-refractivity contribution in [3.8, 4) is 0 Å². The van der Waals surface area contributed by atoms with E-state index in [1.165, 1.54) is 11.1 Å². The predicted molar refractivity (Wildman–Crippen MR) is 144 cm³/mol. The molecule has 7 nitrogen and oxygen atoms in total. The van der Waals surface area contributed by atoms with E-state index in [0.29, 0.717) is 12.6 Å². The van der Waals surface area contributed by atoms with Gasteiger partial charge >= 0.3 is 0 Å². The zero-order chi connectivity index (χ0) is 25.3. The molecule has 0 amide bonds. The highest BCUT2D eigenvalue weighted by atomic mass is 31.2. The van der Waals surface area contributed by atoms with Crippen LogP contribution in [-0.2, 0) is 14.0 Å². The van der Waals surface area contributed by atoms with Gasteiger partial charge in [-0.2, -0.15) is 0 Å². The minimum Gasteiger partial charge on any atom is -0.380 e. The molecule has 9 heteroatoms. The first kappa shape index (κ1) is 29.8. The first-order chi connectivity index (χ1) is 16.0. The Labute approximate surface area is 210 Å². The van der Waals surface area contributed by atoms with Crippen LogP contribution in [0.5, 0.6) is 0 Å². The van der Waals surface area contributed by atoms with Gasteiger partial charge in [-0.3, -0.25) is 14.4 Å². The van der Waals surface area contributed by atoms with E-state index in [1.54, 1.807) is 0 Å². The quantitative estimate of drug-likeness (QED) is 0.233. The molecule has 0 aromatic carbocycles. The highest BCUT2D eigenvalue weighted by Gasteiger charge is 2.36. The Morgan fingerprint density at radius 3 is 2.41 bits per heavy atom. The van der Waals surface area contributed by atoms with Gasteiger partial charge in [0.15, 0.2) is 0 Å². The highest BCUT2D eigenvalue weighted by molar-refractivity contribution is 7.58. The van der Waals surface area contributed by atoms with E-state index < -0.39 is 7.44 Å². The molecule has 0 spiro atoms. The van der Waals surface area contributed by atoms with Crippen molar-refractivity contribution in [1.29, 1.82) is 0 Å². The third-order valence-corrected chi connectivity index (χ3v) is 9.77. The van der Waals surface area contributed by atoms with Crippen LogP contribution in [0.15, 0.2) is 23.3 Å². The number of morpholine rings is 1. The molecule has 34 heavy (non-hydrogen) atoms. The molecule has 0 N–H and O–H groups in total. The first-order valence-corrected chi connectivity index (χ1v) is 14.6. The van der Waals surface area contributed by atoms with Crippen LogP contribution in [-0.4, -0.2) is 118 Å². The Kier molecular flexibility index (Phi) is 12.5. The van der Waals surface area contributed by atoms with Gasteiger partial charge in [0.2, 0.25) is 7.44 Å². The Bertz CT molecular complexity index is 719. The molecule has 2 fully saturated rings. The van der Waals surface area contributed by atoms with E-state index in [9.17, 15) is 4.57 Å². The maximum Gasteiger partial charge on any atom is 0.241 e. The lowest BCUT2D eigenvalue weighted by molar-refractivity contribution is -0.0878. The van der Waals surface area contributed by atoms with Crippen molar-refractivity contribution in [3.05, 3.63) is 23.3 Å². The molecule has 2 heterocycles. The Hall–Kier alpha value is -0.465. The number of allylic oxidation sites excluding steroid dienone is 3. The maximum atomic E-state index is 13.9. The molecule has 0 saturated carbocycles. The molecule has 0 bridgehead atoms. The number of hydrogen-bond donors (Lipinski definition) is 0. The average molecular weight is 494 g/mol. The van der Waals surface area contributed by atoms with Crippen LogP contribution in [0.4, 0.5) is 0 Å². The Balaban J connectivity index is 1.81. The second-order valence-electron chi connectivity index (χ2n) is 10.5. The van der Waals surface area contributed by atoms with Gasteiger partial charge in [0.1, 0.15) is 14.2 Å². The zero-order valence-electron chi connectivity index (χ0n) is 22.7. The van der Waals surface area contributed by atoms with E-state index in [0.717, 1.165) is 58.7 Å². The van der Waals surface area contributed by atoms with Gasteiger partial charge < -0.3 is 9.47 Å². The van der Waals surface area contributed by atoms with Crippen LogP contribution in [0, 0.1) is 0 Å². The van der Waals surface area contributed by atoms with Crippen molar-refractivity contribution in [2.24, 2.45) is 0 Å². The fraction of sp³-hybridized carbons (Fsp3) is 0.840. The normalized spacial score (nSPS) is 25.6. The van der Waals surface area contributed by atoms with Gasteiger partial charge in [0, 0.05) is 57.9 Å². The second kappa shape index (κ2) is 14.3. The van der Waals surface area contributed by atoms with Crippen molar-refractivity contribution in [2.45, 2.75) is 65.6 Å². The van der Waals surface area contributed by atoms with Crippen LogP contribution in [0.3, 0.4) is 0 Å². The van der Waals surface area contributed by atoms with Crippen LogP contribution in [0.25, 0.3) is 0 Å². The summed E-state index contributed by atoms with van der Waals surface area (Å²) in [6.45, 7) is 17.1. The largest absolute Gasteiger partial charge is 0.380 e. The summed E-state index contributed by atoms with van der Waals surface area (Å²) in [4.78, 5) is 4.75. The summed E-state index contributed by atoms with van der Waals surface area (Å²) < 4.78 is 29.8. The topological polar surface area (TPSA) is 48.5 Å². The van der Waals surface area contributed by atoms with Crippen molar-refractivity contribution in [2.75, 3.05) is 72.9 Å². The molecule has 2 aliphatic rings. The number of hydrogen-bond acceptors (Lipinski definition) is 5. The van der Waals surface area contributed by atoms with Gasteiger partial charge in [0.25, 0.3) is 0 Å². The summed E-state index contributed by atoms with van der Waals surface area (Å²) in [5, 5.41) is 0. The summed E-state index contributed by atoms with van der Waals surface area (Å²) in [5.74, 6) is 0. The van der Waals surface area contributed by atoms with E-state index in [2.05, 4.69) is 61.2 Å². The van der Waals surface area contributed by atoms with Crippen molar-refractivity contribution in [1.82, 2.24) is 19.1 Å². The SMILES string of the molecule is [B]C1CN(C(C)C)CC(COCP(=O)(N(C)C)N2CCN(C/C=C(\C)CCC=C(C)C)CC2)O1. The van der Waals surface area contributed by atoms with Crippen LogP contribution in [0.2, 0.25) is 0 Å². The van der Waals surface area contributed by atoms with E-state index in [-0.39, 0.29) is 18.5 Å². The van der Waals surface area contributed by atoms with Gasteiger partial charge in [-0.15, -0.1) is 0 Å². The molecule has 194 valence electrons. The summed E-state index contributed by atoms with van der Waals surface area (Å²) in [6.07, 6.45) is 6.98. The van der Waals surface area contributed by atoms with Crippen molar-refractivity contribution in [3.63, 3.8) is 0 Å². The molecular formula is C25H48BN4O3P. The summed E-state index contributed by atoms with van der Waals surface area (Å²) in [7, 11) is 7.07. The smallest absolute Gasteiger partial charge is 0.241 e. The molecular weight excluding hydrogens is 446 g/mol. The molecule has 0 aromatic heterocycles. The van der Waals surface area contributed by atoms with Crippen LogP contribution in [0.1, 0.15) is 47.5 Å². The Morgan fingerprint density at radius 1 is 1.15 bits per heavy atom. The van der Waals surface area contributed by atoms with Crippen LogP contribution < -0.4 is 0 Å². The standard InChI is InChI=1S/C25H48BN4O3P/c1-21(2)9-8-10-23(5)11-12-28-13-15-30(16-14-28)34(31,27(6)7)20-32-19-24-17-29(22(3)4)18-25(26)33-24/h9,11,22,24-25H,8,10,12-20H2,1-7H3/b23-11+. The van der Waals surface area contributed by atoms with E-state index in [1.807, 2.05) is 18.8 Å². The molecule has 2 radical (unpaired) electrons. The fourth-order valence-corrected chi connectivity index (χ4v) is 6.42. The van der Waals surface area contributed by atoms with Crippen LogP contribution >= 0.6 is 7.44 Å². The molecule has 3 atom stereocenters. The van der Waals surface area contributed by atoms with E-state index >= 15 is 0 Å². The third-order valence-electron chi connectivity index (χ3n) is 6.72. The first-order valence-electron chi connectivity index (χ1n) is 12.8. The zero-order valence-corrected chi connectivity index (χ0v) is 23.6. The lowest BCUT2D eigenvalue weighted by Crippen LogP contribution is -2.52. The number of rotatable bonds is 12. The van der Waals surface area contributed by atoms with Gasteiger partial charge in [-0.05, 0) is 61.6 Å². The summed E-state index contributed by atoms with van der Waals surface area (Å²) in [6, 6.07) is 0.112. The molecule has 2 saturated heterocycles. The predicted octanol–water partition coefficient (Wildman–Crippen LogP) is 3.63. The lowest BCUT2D eigenvalue weighted by atomic mass is 9.96. The molecule has 3 unspecified atom stereocenters. The summed E-state index contributed by atoms with van der Waals surface area (Å²) >= 11 is 0. The average Bonchev–Trinajstić information content (AvgIpc) is 2.77. The minimum atomic E-state index is -2.78. The highest BCUT2D eigenvalue weighted by Crippen LogP contribution is 2.51. The maximum absolute atomic E-state index is 13.9. The van der Waals surface area contributed by atoms with Crippen molar-refractivity contribution < 1.29 is 14.0 Å². The molecule has 2 rings (SSSR count). The minimum absolute atomic E-state index is 0.0923. The Morgan fingerprint density at radius 2 is 1.82 bits per heavy atom. The van der Waals surface area contributed by atoms with Gasteiger partial charge in [-0.25, -0.2) is 9.34 Å². The number of piperazine rings is 1. The number of nitrogens with zero attached hydrogens (tertiary/aromatic N) is 4. The fourth-order valence-electron chi connectivity index (χ4n) is 4.38. The monoisotopic (exact) mass is 494 g/mol. The molecule has 0 aromatic rings. The molecule has 0 aliphatic carbocycles. The number of ether oxygens (including phenoxy) is 2. The van der Waals surface area contributed by atoms with E-state index in [4.69, 9.17) is 17.3 Å².